The molecule has 1 aromatic carbocycles. The van der Waals surface area contributed by atoms with Crippen molar-refractivity contribution in [1.82, 2.24) is 9.78 Å². The summed E-state index contributed by atoms with van der Waals surface area (Å²) in [7, 11) is 1.64. The normalized spacial score (nSPS) is 10.3. The smallest absolute Gasteiger partial charge is 0.267 e. The van der Waals surface area contributed by atoms with Gasteiger partial charge in [0.2, 0.25) is 0 Å². The maximum Gasteiger partial charge on any atom is 0.275 e. The molecule has 0 amide bonds. The molecule has 0 bridgehead atoms. The van der Waals surface area contributed by atoms with Crippen molar-refractivity contribution in [2.45, 2.75) is 0 Å². The molecule has 0 aliphatic carbocycles. The molecule has 1 aromatic heterocycles. The molecule has 0 saturated heterocycles. The molecule has 0 fully saturated rings. The van der Waals surface area contributed by atoms with Crippen LogP contribution in [0, 0.1) is 0 Å². The van der Waals surface area contributed by atoms with Gasteiger partial charge in [0, 0.05) is 7.05 Å². The van der Waals surface area contributed by atoms with Gasteiger partial charge in [0.25, 0.3) is 5.56 Å². The number of benzene rings is 1. The third-order valence-corrected chi connectivity index (χ3v) is 2.75. The summed E-state index contributed by atoms with van der Waals surface area (Å²) in [5.41, 5.74) is 1.44. The number of aromatic nitrogens is 2. The Morgan fingerprint density at radius 3 is 2.60 bits per heavy atom. The van der Waals surface area contributed by atoms with Crippen LogP contribution in [0.2, 0.25) is 0 Å². The Bertz CT molecular complexity index is 534. The maximum absolute atomic E-state index is 11.9. The zero-order valence-corrected chi connectivity index (χ0v) is 9.73. The van der Waals surface area contributed by atoms with Gasteiger partial charge in [0.05, 0.1) is 16.2 Å². The van der Waals surface area contributed by atoms with E-state index in [9.17, 15) is 4.79 Å². The van der Waals surface area contributed by atoms with Gasteiger partial charge >= 0.3 is 0 Å². The average Bonchev–Trinajstić information content (AvgIpc) is 2.26. The van der Waals surface area contributed by atoms with Crippen LogP contribution in [0.5, 0.6) is 0 Å². The van der Waals surface area contributed by atoms with Crippen LogP contribution < -0.4 is 5.56 Å². The highest BCUT2D eigenvalue weighted by Gasteiger charge is 2.09. The zero-order chi connectivity index (χ0) is 10.8. The van der Waals surface area contributed by atoms with Crippen LogP contribution in [0.3, 0.4) is 0 Å². The summed E-state index contributed by atoms with van der Waals surface area (Å²) in [6.07, 6.45) is 1.63. The van der Waals surface area contributed by atoms with Crippen molar-refractivity contribution in [3.63, 3.8) is 0 Å². The van der Waals surface area contributed by atoms with Crippen LogP contribution in [0.4, 0.5) is 0 Å². The van der Waals surface area contributed by atoms with Gasteiger partial charge in [0.1, 0.15) is 0 Å². The standard InChI is InChI=1S/C11H9BrN2O/c1-14-11(15)10(9(12)7-13-14)8-5-3-2-4-6-8/h2-7H,1H3. The van der Waals surface area contributed by atoms with Gasteiger partial charge in [-0.05, 0) is 21.5 Å². The molecule has 0 atom stereocenters. The molecular formula is C11H9BrN2O. The van der Waals surface area contributed by atoms with Crippen molar-refractivity contribution in [2.75, 3.05) is 0 Å². The molecule has 0 N–H and O–H groups in total. The van der Waals surface area contributed by atoms with Gasteiger partial charge in [-0.1, -0.05) is 30.3 Å². The van der Waals surface area contributed by atoms with Crippen molar-refractivity contribution >= 4 is 15.9 Å². The van der Waals surface area contributed by atoms with Gasteiger partial charge in [0.15, 0.2) is 0 Å². The second-order valence-electron chi connectivity index (χ2n) is 3.16. The quantitative estimate of drug-likeness (QED) is 0.792. The molecule has 2 aromatic rings. The van der Waals surface area contributed by atoms with E-state index in [1.54, 1.807) is 13.2 Å². The molecule has 0 radical (unpaired) electrons. The van der Waals surface area contributed by atoms with E-state index in [2.05, 4.69) is 21.0 Å². The third-order valence-electron chi connectivity index (χ3n) is 2.15. The molecule has 4 heteroatoms. The Morgan fingerprint density at radius 2 is 1.93 bits per heavy atom. The SMILES string of the molecule is Cn1ncc(Br)c(-c2ccccc2)c1=O. The first kappa shape index (κ1) is 10.1. The highest BCUT2D eigenvalue weighted by Crippen LogP contribution is 2.22. The van der Waals surface area contributed by atoms with E-state index < -0.39 is 0 Å². The maximum atomic E-state index is 11.9. The fourth-order valence-electron chi connectivity index (χ4n) is 1.38. The number of nitrogens with zero attached hydrogens (tertiary/aromatic N) is 2. The molecule has 0 spiro atoms. The first-order valence-electron chi connectivity index (χ1n) is 4.47. The summed E-state index contributed by atoms with van der Waals surface area (Å²) in [5, 5.41) is 3.92. The fraction of sp³-hybridized carbons (Fsp3) is 0.0909. The Kier molecular flexibility index (Phi) is 2.68. The van der Waals surface area contributed by atoms with Gasteiger partial charge in [-0.2, -0.15) is 5.10 Å². The summed E-state index contributed by atoms with van der Waals surface area (Å²) in [4.78, 5) is 11.9. The van der Waals surface area contributed by atoms with E-state index >= 15 is 0 Å². The fourth-order valence-corrected chi connectivity index (χ4v) is 1.87. The lowest BCUT2D eigenvalue weighted by Gasteiger charge is -2.04. The minimum Gasteiger partial charge on any atom is -0.267 e. The Hall–Kier alpha value is -1.42. The van der Waals surface area contributed by atoms with Gasteiger partial charge in [-0.15, -0.1) is 0 Å². The predicted molar refractivity (Wildman–Crippen MR) is 62.6 cm³/mol. The molecule has 15 heavy (non-hydrogen) atoms. The van der Waals surface area contributed by atoms with Crippen molar-refractivity contribution in [3.8, 4) is 11.1 Å². The number of halogens is 1. The minimum absolute atomic E-state index is 0.101. The lowest BCUT2D eigenvalue weighted by atomic mass is 10.1. The zero-order valence-electron chi connectivity index (χ0n) is 8.14. The molecule has 1 heterocycles. The van der Waals surface area contributed by atoms with E-state index in [-0.39, 0.29) is 5.56 Å². The monoisotopic (exact) mass is 264 g/mol. The van der Waals surface area contributed by atoms with E-state index in [4.69, 9.17) is 0 Å². The van der Waals surface area contributed by atoms with Crippen LogP contribution in [-0.2, 0) is 7.05 Å². The highest BCUT2D eigenvalue weighted by molar-refractivity contribution is 9.10. The minimum atomic E-state index is -0.101. The summed E-state index contributed by atoms with van der Waals surface area (Å²) in [5.74, 6) is 0. The summed E-state index contributed by atoms with van der Waals surface area (Å²) in [6.45, 7) is 0. The van der Waals surface area contributed by atoms with Crippen molar-refractivity contribution in [3.05, 3.63) is 51.4 Å². The molecule has 3 nitrogen and oxygen atoms in total. The van der Waals surface area contributed by atoms with Gasteiger partial charge < -0.3 is 0 Å². The number of hydrogen-bond donors (Lipinski definition) is 0. The Labute approximate surface area is 95.5 Å². The van der Waals surface area contributed by atoms with Crippen LogP contribution >= 0.6 is 15.9 Å². The summed E-state index contributed by atoms with van der Waals surface area (Å²) >= 11 is 3.34. The molecule has 0 aliphatic heterocycles. The van der Waals surface area contributed by atoms with E-state index in [1.165, 1.54) is 4.68 Å². The van der Waals surface area contributed by atoms with E-state index in [0.29, 0.717) is 5.56 Å². The Morgan fingerprint density at radius 1 is 1.27 bits per heavy atom. The van der Waals surface area contributed by atoms with Crippen molar-refractivity contribution < 1.29 is 0 Å². The van der Waals surface area contributed by atoms with Crippen LogP contribution in [0.1, 0.15) is 0 Å². The molecule has 0 saturated carbocycles. The topological polar surface area (TPSA) is 34.9 Å². The molecule has 0 aliphatic rings. The third kappa shape index (κ3) is 1.85. The number of aryl methyl sites for hydroxylation is 1. The second-order valence-corrected chi connectivity index (χ2v) is 4.02. The van der Waals surface area contributed by atoms with Crippen molar-refractivity contribution in [1.29, 1.82) is 0 Å². The largest absolute Gasteiger partial charge is 0.275 e. The first-order chi connectivity index (χ1) is 7.20. The molecule has 76 valence electrons. The Balaban J connectivity index is 2.73. The van der Waals surface area contributed by atoms with Gasteiger partial charge in [-0.25, -0.2) is 4.68 Å². The molecule has 0 unspecified atom stereocenters. The lowest BCUT2D eigenvalue weighted by Crippen LogP contribution is -2.21. The van der Waals surface area contributed by atoms with Crippen LogP contribution in [-0.4, -0.2) is 9.78 Å². The lowest BCUT2D eigenvalue weighted by molar-refractivity contribution is 0.707. The number of rotatable bonds is 1. The van der Waals surface area contributed by atoms with E-state index in [0.717, 1.165) is 10.0 Å². The van der Waals surface area contributed by atoms with E-state index in [1.807, 2.05) is 30.3 Å². The highest BCUT2D eigenvalue weighted by atomic mass is 79.9. The second kappa shape index (κ2) is 3.98. The predicted octanol–water partition coefficient (Wildman–Crippen LogP) is 2.21. The molecular weight excluding hydrogens is 256 g/mol. The van der Waals surface area contributed by atoms with Crippen LogP contribution in [0.25, 0.3) is 11.1 Å². The summed E-state index contributed by atoms with van der Waals surface area (Å²) in [6, 6.07) is 9.54. The van der Waals surface area contributed by atoms with Crippen LogP contribution in [0.15, 0.2) is 45.8 Å². The molecule has 2 rings (SSSR count). The van der Waals surface area contributed by atoms with Gasteiger partial charge in [-0.3, -0.25) is 4.79 Å². The average molecular weight is 265 g/mol. The number of hydrogen-bond acceptors (Lipinski definition) is 2. The van der Waals surface area contributed by atoms with Crippen molar-refractivity contribution in [2.24, 2.45) is 7.05 Å². The summed E-state index contributed by atoms with van der Waals surface area (Å²) < 4.78 is 2.05. The first-order valence-corrected chi connectivity index (χ1v) is 5.26.